The summed E-state index contributed by atoms with van der Waals surface area (Å²) in [5, 5.41) is 4.50. The highest BCUT2D eigenvalue weighted by molar-refractivity contribution is 7.99. The summed E-state index contributed by atoms with van der Waals surface area (Å²) < 4.78 is 0. The van der Waals surface area contributed by atoms with E-state index in [0.717, 1.165) is 10.5 Å². The van der Waals surface area contributed by atoms with Crippen molar-refractivity contribution in [1.82, 2.24) is 0 Å². The second-order valence-corrected chi connectivity index (χ2v) is 7.09. The molecule has 3 aromatic rings. The fraction of sp³-hybridized carbons (Fsp3) is 0.0476. The second-order valence-electron chi connectivity index (χ2n) is 5.50. The molecule has 0 aliphatic carbocycles. The SMILES string of the molecule is CC(=NOC(=O)c1ccc(Cl)cc1)c1ccc(Sc2ccccc2)cc1. The third kappa shape index (κ3) is 4.97. The Labute approximate surface area is 161 Å². The zero-order valence-electron chi connectivity index (χ0n) is 14.1. The second kappa shape index (κ2) is 8.70. The van der Waals surface area contributed by atoms with Gasteiger partial charge < -0.3 is 4.84 Å². The summed E-state index contributed by atoms with van der Waals surface area (Å²) in [6.45, 7) is 1.80. The van der Waals surface area contributed by atoms with Crippen LogP contribution in [-0.4, -0.2) is 11.7 Å². The molecule has 130 valence electrons. The normalized spacial score (nSPS) is 11.2. The van der Waals surface area contributed by atoms with Gasteiger partial charge in [0, 0.05) is 14.8 Å². The van der Waals surface area contributed by atoms with E-state index in [-0.39, 0.29) is 0 Å². The Balaban J connectivity index is 1.63. The maximum atomic E-state index is 12.0. The van der Waals surface area contributed by atoms with Crippen molar-refractivity contribution in [2.24, 2.45) is 5.16 Å². The number of oxime groups is 1. The van der Waals surface area contributed by atoms with Gasteiger partial charge in [-0.1, -0.05) is 58.9 Å². The van der Waals surface area contributed by atoms with Gasteiger partial charge in [-0.05, 0) is 61.0 Å². The molecule has 0 unspecified atom stereocenters. The lowest BCUT2D eigenvalue weighted by molar-refractivity contribution is 0.0516. The first-order valence-corrected chi connectivity index (χ1v) is 9.16. The molecule has 3 rings (SSSR count). The van der Waals surface area contributed by atoms with Crippen molar-refractivity contribution in [3.05, 3.63) is 95.0 Å². The molecule has 0 spiro atoms. The minimum Gasteiger partial charge on any atom is -0.313 e. The minimum absolute atomic E-state index is 0.403. The van der Waals surface area contributed by atoms with Crippen LogP contribution in [0.1, 0.15) is 22.8 Å². The molecule has 26 heavy (non-hydrogen) atoms. The Morgan fingerprint density at radius 3 is 2.08 bits per heavy atom. The van der Waals surface area contributed by atoms with E-state index in [2.05, 4.69) is 17.3 Å². The Bertz CT molecular complexity index is 907. The summed E-state index contributed by atoms with van der Waals surface area (Å²) in [6.07, 6.45) is 0. The highest BCUT2D eigenvalue weighted by atomic mass is 35.5. The van der Waals surface area contributed by atoms with Crippen molar-refractivity contribution in [2.75, 3.05) is 0 Å². The summed E-state index contributed by atoms with van der Waals surface area (Å²) in [5.41, 5.74) is 1.93. The number of carbonyl (C=O) groups is 1. The first-order chi connectivity index (χ1) is 12.6. The molecule has 0 saturated heterocycles. The Morgan fingerprint density at radius 2 is 1.42 bits per heavy atom. The number of carbonyl (C=O) groups excluding carboxylic acids is 1. The highest BCUT2D eigenvalue weighted by Crippen LogP contribution is 2.27. The molecule has 0 radical (unpaired) electrons. The molecule has 0 fully saturated rings. The molecule has 0 amide bonds. The molecule has 5 heteroatoms. The summed E-state index contributed by atoms with van der Waals surface area (Å²) in [7, 11) is 0. The van der Waals surface area contributed by atoms with Gasteiger partial charge in [0.05, 0.1) is 11.3 Å². The van der Waals surface area contributed by atoms with Crippen LogP contribution in [0.2, 0.25) is 5.02 Å². The van der Waals surface area contributed by atoms with Crippen LogP contribution >= 0.6 is 23.4 Å². The predicted molar refractivity (Wildman–Crippen MR) is 106 cm³/mol. The van der Waals surface area contributed by atoms with E-state index in [0.29, 0.717) is 16.3 Å². The number of rotatable bonds is 5. The molecule has 3 nitrogen and oxygen atoms in total. The maximum absolute atomic E-state index is 12.0. The van der Waals surface area contributed by atoms with Gasteiger partial charge in [-0.15, -0.1) is 0 Å². The molecule has 3 aromatic carbocycles. The third-order valence-electron chi connectivity index (χ3n) is 3.60. The van der Waals surface area contributed by atoms with Crippen molar-refractivity contribution in [3.8, 4) is 0 Å². The fourth-order valence-electron chi connectivity index (χ4n) is 2.19. The number of benzene rings is 3. The molecule has 0 N–H and O–H groups in total. The first-order valence-electron chi connectivity index (χ1n) is 7.97. The van der Waals surface area contributed by atoms with Crippen molar-refractivity contribution in [2.45, 2.75) is 16.7 Å². The number of halogens is 1. The van der Waals surface area contributed by atoms with Crippen LogP contribution in [0.3, 0.4) is 0 Å². The van der Waals surface area contributed by atoms with Gasteiger partial charge in [-0.25, -0.2) is 4.79 Å². The zero-order chi connectivity index (χ0) is 18.4. The van der Waals surface area contributed by atoms with Crippen molar-refractivity contribution in [1.29, 1.82) is 0 Å². The molecule has 0 aliphatic heterocycles. The number of hydrogen-bond donors (Lipinski definition) is 0. The lowest BCUT2D eigenvalue weighted by Crippen LogP contribution is -2.03. The first kappa shape index (κ1) is 18.2. The Morgan fingerprint density at radius 1 is 0.846 bits per heavy atom. The topological polar surface area (TPSA) is 38.7 Å². The van der Waals surface area contributed by atoms with Gasteiger partial charge >= 0.3 is 5.97 Å². The van der Waals surface area contributed by atoms with Gasteiger partial charge in [-0.2, -0.15) is 0 Å². The van der Waals surface area contributed by atoms with Crippen LogP contribution in [0.15, 0.2) is 93.8 Å². The Kier molecular flexibility index (Phi) is 6.10. The molecule has 0 saturated carbocycles. The largest absolute Gasteiger partial charge is 0.365 e. The zero-order valence-corrected chi connectivity index (χ0v) is 15.6. The van der Waals surface area contributed by atoms with Crippen LogP contribution in [0, 0.1) is 0 Å². The molecule has 0 aromatic heterocycles. The van der Waals surface area contributed by atoms with E-state index in [9.17, 15) is 4.79 Å². The molecular formula is C21H16ClNO2S. The third-order valence-corrected chi connectivity index (χ3v) is 4.86. The van der Waals surface area contributed by atoms with Gasteiger partial charge in [-0.3, -0.25) is 0 Å². The van der Waals surface area contributed by atoms with Crippen LogP contribution in [0.25, 0.3) is 0 Å². The van der Waals surface area contributed by atoms with Gasteiger partial charge in [0.25, 0.3) is 0 Å². The molecule has 0 atom stereocenters. The average molecular weight is 382 g/mol. The van der Waals surface area contributed by atoms with Crippen molar-refractivity contribution >= 4 is 35.0 Å². The quantitative estimate of drug-likeness (QED) is 0.305. The van der Waals surface area contributed by atoms with E-state index in [1.807, 2.05) is 42.5 Å². The van der Waals surface area contributed by atoms with E-state index in [4.69, 9.17) is 16.4 Å². The Hall–Kier alpha value is -2.56. The maximum Gasteiger partial charge on any atom is 0.365 e. The standard InChI is InChI=1S/C21H16ClNO2S/c1-15(23-25-21(24)17-7-11-18(22)12-8-17)16-9-13-20(14-10-16)26-19-5-3-2-4-6-19/h2-14H,1H3. The molecular weight excluding hydrogens is 366 g/mol. The van der Waals surface area contributed by atoms with E-state index in [1.165, 1.54) is 4.90 Å². The van der Waals surface area contributed by atoms with Crippen molar-refractivity contribution in [3.63, 3.8) is 0 Å². The van der Waals surface area contributed by atoms with Crippen molar-refractivity contribution < 1.29 is 9.63 Å². The van der Waals surface area contributed by atoms with E-state index in [1.54, 1.807) is 43.0 Å². The lowest BCUT2D eigenvalue weighted by Gasteiger charge is -2.04. The number of nitrogens with zero attached hydrogens (tertiary/aromatic N) is 1. The van der Waals surface area contributed by atoms with Gasteiger partial charge in [0.2, 0.25) is 0 Å². The van der Waals surface area contributed by atoms with Crippen LogP contribution in [0.4, 0.5) is 0 Å². The predicted octanol–water partition coefficient (Wildman–Crippen LogP) is 6.07. The van der Waals surface area contributed by atoms with Crippen LogP contribution < -0.4 is 0 Å². The molecule has 0 bridgehead atoms. The smallest absolute Gasteiger partial charge is 0.313 e. The van der Waals surface area contributed by atoms with E-state index >= 15 is 0 Å². The summed E-state index contributed by atoms with van der Waals surface area (Å²) >= 11 is 7.49. The van der Waals surface area contributed by atoms with Crippen LogP contribution in [-0.2, 0) is 4.84 Å². The van der Waals surface area contributed by atoms with Crippen LogP contribution in [0.5, 0.6) is 0 Å². The van der Waals surface area contributed by atoms with Gasteiger partial charge in [0.1, 0.15) is 0 Å². The monoisotopic (exact) mass is 381 g/mol. The minimum atomic E-state index is -0.516. The fourth-order valence-corrected chi connectivity index (χ4v) is 3.15. The number of hydrogen-bond acceptors (Lipinski definition) is 4. The summed E-state index contributed by atoms with van der Waals surface area (Å²) in [5.74, 6) is -0.516. The average Bonchev–Trinajstić information content (AvgIpc) is 2.68. The highest BCUT2D eigenvalue weighted by Gasteiger charge is 2.07. The van der Waals surface area contributed by atoms with E-state index < -0.39 is 5.97 Å². The molecule has 0 aliphatic rings. The van der Waals surface area contributed by atoms with Gasteiger partial charge in [0.15, 0.2) is 0 Å². The summed E-state index contributed by atoms with van der Waals surface area (Å²) in [4.78, 5) is 19.3. The lowest BCUT2D eigenvalue weighted by atomic mass is 10.1. The summed E-state index contributed by atoms with van der Waals surface area (Å²) in [6, 6.07) is 24.6. The molecule has 0 heterocycles.